The summed E-state index contributed by atoms with van der Waals surface area (Å²) in [5.41, 5.74) is 1.02. The number of benzene rings is 1. The zero-order valence-corrected chi connectivity index (χ0v) is 7.01. The van der Waals surface area contributed by atoms with Crippen molar-refractivity contribution in [2.24, 2.45) is 0 Å². The summed E-state index contributed by atoms with van der Waals surface area (Å²) in [6.07, 6.45) is 0. The topological polar surface area (TPSA) is 52.9 Å². The van der Waals surface area contributed by atoms with Gasteiger partial charge in [0.05, 0.1) is 11.6 Å². The number of nitriles is 1. The summed E-state index contributed by atoms with van der Waals surface area (Å²) in [6, 6.07) is 8.27. The minimum absolute atomic E-state index is 0.275. The van der Waals surface area contributed by atoms with Crippen LogP contribution in [0.4, 0.5) is 0 Å². The molecule has 60 valence electrons. The van der Waals surface area contributed by atoms with Crippen LogP contribution >= 0.6 is 12.8 Å². The van der Waals surface area contributed by atoms with Gasteiger partial charge in [-0.15, -0.1) is 0 Å². The SMILES string of the molecule is N#Cc1ccc(C(=O)NS)cc1. The van der Waals surface area contributed by atoms with E-state index >= 15 is 0 Å². The van der Waals surface area contributed by atoms with Crippen LogP contribution in [-0.2, 0) is 0 Å². The lowest BCUT2D eigenvalue weighted by atomic mass is 10.1. The summed E-state index contributed by atoms with van der Waals surface area (Å²) in [6.45, 7) is 0. The number of carbonyl (C=O) groups is 1. The van der Waals surface area contributed by atoms with E-state index in [-0.39, 0.29) is 5.91 Å². The second-order valence-corrected chi connectivity index (χ2v) is 2.35. The third-order valence-electron chi connectivity index (χ3n) is 1.38. The van der Waals surface area contributed by atoms with Crippen LogP contribution in [0.15, 0.2) is 24.3 Å². The number of carbonyl (C=O) groups excluding carboxylic acids is 1. The van der Waals surface area contributed by atoms with E-state index in [1.165, 1.54) is 0 Å². The molecule has 0 spiro atoms. The molecule has 1 N–H and O–H groups in total. The number of hydrogen-bond acceptors (Lipinski definition) is 3. The molecule has 0 unspecified atom stereocenters. The largest absolute Gasteiger partial charge is 0.299 e. The molecule has 0 aliphatic rings. The Morgan fingerprint density at radius 1 is 1.42 bits per heavy atom. The second-order valence-electron chi connectivity index (χ2n) is 2.13. The molecule has 0 radical (unpaired) electrons. The summed E-state index contributed by atoms with van der Waals surface area (Å²) in [7, 11) is 0. The minimum Gasteiger partial charge on any atom is -0.299 e. The predicted molar refractivity (Wildman–Crippen MR) is 47.6 cm³/mol. The van der Waals surface area contributed by atoms with Crippen molar-refractivity contribution in [3.05, 3.63) is 35.4 Å². The van der Waals surface area contributed by atoms with Crippen LogP contribution in [0.3, 0.4) is 0 Å². The third kappa shape index (κ3) is 1.77. The molecular weight excluding hydrogens is 172 g/mol. The van der Waals surface area contributed by atoms with Gasteiger partial charge in [0.25, 0.3) is 5.91 Å². The molecule has 0 heterocycles. The van der Waals surface area contributed by atoms with Crippen molar-refractivity contribution in [3.63, 3.8) is 0 Å². The van der Waals surface area contributed by atoms with Gasteiger partial charge in [0, 0.05) is 5.56 Å². The number of amides is 1. The van der Waals surface area contributed by atoms with Crippen molar-refractivity contribution < 1.29 is 4.79 Å². The lowest BCUT2D eigenvalue weighted by molar-refractivity contribution is 0.0985. The fourth-order valence-electron chi connectivity index (χ4n) is 0.761. The molecule has 0 atom stereocenters. The first kappa shape index (κ1) is 8.62. The Balaban J connectivity index is 2.94. The highest BCUT2D eigenvalue weighted by Crippen LogP contribution is 2.02. The van der Waals surface area contributed by atoms with Gasteiger partial charge >= 0.3 is 0 Å². The second kappa shape index (κ2) is 3.79. The van der Waals surface area contributed by atoms with Crippen LogP contribution in [-0.4, -0.2) is 5.91 Å². The molecule has 1 aromatic rings. The molecule has 0 fully saturated rings. The number of hydrogen-bond donors (Lipinski definition) is 2. The zero-order valence-electron chi connectivity index (χ0n) is 6.11. The monoisotopic (exact) mass is 178 g/mol. The van der Waals surface area contributed by atoms with Crippen molar-refractivity contribution >= 4 is 18.7 Å². The van der Waals surface area contributed by atoms with Crippen LogP contribution in [0.2, 0.25) is 0 Å². The summed E-state index contributed by atoms with van der Waals surface area (Å²) in [5.74, 6) is -0.275. The molecule has 0 aromatic heterocycles. The van der Waals surface area contributed by atoms with E-state index in [9.17, 15) is 4.79 Å². The Kier molecular flexibility index (Phi) is 2.72. The molecular formula is C8H6N2OS. The predicted octanol–water partition coefficient (Wildman–Crippen LogP) is 1.13. The molecule has 4 heteroatoms. The van der Waals surface area contributed by atoms with Crippen LogP contribution in [0.25, 0.3) is 0 Å². The maximum absolute atomic E-state index is 10.9. The Bertz CT molecular complexity index is 326. The van der Waals surface area contributed by atoms with Gasteiger partial charge in [0.2, 0.25) is 0 Å². The molecule has 1 rings (SSSR count). The van der Waals surface area contributed by atoms with E-state index in [2.05, 4.69) is 17.5 Å². The van der Waals surface area contributed by atoms with Crippen molar-refractivity contribution in [1.29, 1.82) is 5.26 Å². The quantitative estimate of drug-likeness (QED) is 0.633. The van der Waals surface area contributed by atoms with E-state index in [1.54, 1.807) is 24.3 Å². The molecule has 0 saturated carbocycles. The molecule has 0 saturated heterocycles. The van der Waals surface area contributed by atoms with Gasteiger partial charge in [-0.25, -0.2) is 0 Å². The van der Waals surface area contributed by atoms with Crippen LogP contribution in [0, 0.1) is 11.3 Å². The first-order valence-corrected chi connectivity index (χ1v) is 3.67. The number of thiol groups is 1. The summed E-state index contributed by atoms with van der Waals surface area (Å²) in [4.78, 5) is 10.9. The zero-order chi connectivity index (χ0) is 8.97. The Labute approximate surface area is 75.6 Å². The maximum Gasteiger partial charge on any atom is 0.260 e. The van der Waals surface area contributed by atoms with E-state index in [0.29, 0.717) is 11.1 Å². The lowest BCUT2D eigenvalue weighted by Gasteiger charge is -1.96. The standard InChI is InChI=1S/C8H6N2OS/c9-5-6-1-3-7(4-2-6)8(11)10-12/h1-4,12H,(H,10,11). The highest BCUT2D eigenvalue weighted by Gasteiger charge is 2.01. The summed E-state index contributed by atoms with van der Waals surface area (Å²) < 4.78 is 2.19. The van der Waals surface area contributed by atoms with Gasteiger partial charge in [0.1, 0.15) is 0 Å². The van der Waals surface area contributed by atoms with E-state index < -0.39 is 0 Å². The van der Waals surface area contributed by atoms with Crippen molar-refractivity contribution in [2.45, 2.75) is 0 Å². The first-order valence-electron chi connectivity index (χ1n) is 3.22. The van der Waals surface area contributed by atoms with Crippen molar-refractivity contribution in [3.8, 4) is 6.07 Å². The van der Waals surface area contributed by atoms with Crippen LogP contribution in [0.1, 0.15) is 15.9 Å². The average molecular weight is 178 g/mol. The van der Waals surface area contributed by atoms with Crippen LogP contribution < -0.4 is 4.72 Å². The third-order valence-corrected chi connectivity index (χ3v) is 1.58. The molecule has 12 heavy (non-hydrogen) atoms. The Hall–Kier alpha value is -1.47. The Morgan fingerprint density at radius 2 is 2.00 bits per heavy atom. The van der Waals surface area contributed by atoms with Gasteiger partial charge in [-0.05, 0) is 24.3 Å². The number of nitrogens with one attached hydrogen (secondary N) is 1. The summed E-state index contributed by atoms with van der Waals surface area (Å²) in [5, 5.41) is 8.46. The Morgan fingerprint density at radius 3 is 2.42 bits per heavy atom. The summed E-state index contributed by atoms with van der Waals surface area (Å²) >= 11 is 3.61. The molecule has 3 nitrogen and oxygen atoms in total. The fourth-order valence-corrected chi connectivity index (χ4v) is 0.890. The highest BCUT2D eigenvalue weighted by atomic mass is 32.1. The molecule has 0 aliphatic carbocycles. The van der Waals surface area contributed by atoms with Crippen molar-refractivity contribution in [1.82, 2.24) is 4.72 Å². The maximum atomic E-state index is 10.9. The van der Waals surface area contributed by atoms with E-state index in [1.807, 2.05) is 6.07 Å². The molecule has 1 amide bonds. The van der Waals surface area contributed by atoms with Crippen molar-refractivity contribution in [2.75, 3.05) is 0 Å². The van der Waals surface area contributed by atoms with Gasteiger partial charge in [0.15, 0.2) is 0 Å². The van der Waals surface area contributed by atoms with Gasteiger partial charge in [-0.3, -0.25) is 9.52 Å². The molecule has 0 bridgehead atoms. The number of nitrogens with zero attached hydrogens (tertiary/aromatic N) is 1. The molecule has 0 aliphatic heterocycles. The minimum atomic E-state index is -0.275. The normalized spacial score (nSPS) is 8.67. The van der Waals surface area contributed by atoms with Gasteiger partial charge in [-0.2, -0.15) is 5.26 Å². The van der Waals surface area contributed by atoms with E-state index in [0.717, 1.165) is 0 Å². The highest BCUT2D eigenvalue weighted by molar-refractivity contribution is 7.78. The van der Waals surface area contributed by atoms with E-state index in [4.69, 9.17) is 5.26 Å². The first-order chi connectivity index (χ1) is 5.77. The number of rotatable bonds is 1. The molecule has 1 aromatic carbocycles. The fraction of sp³-hybridized carbons (Fsp3) is 0. The lowest BCUT2D eigenvalue weighted by Crippen LogP contribution is -2.11. The van der Waals surface area contributed by atoms with Gasteiger partial charge in [-0.1, -0.05) is 12.8 Å². The van der Waals surface area contributed by atoms with Crippen LogP contribution in [0.5, 0.6) is 0 Å². The smallest absolute Gasteiger partial charge is 0.260 e. The average Bonchev–Trinajstić information content (AvgIpc) is 2.17. The van der Waals surface area contributed by atoms with Gasteiger partial charge < -0.3 is 0 Å².